The number of rotatable bonds is 5. The first-order valence-corrected chi connectivity index (χ1v) is 18.2. The van der Waals surface area contributed by atoms with Crippen LogP contribution in [0.25, 0.3) is 40.3 Å². The van der Waals surface area contributed by atoms with Gasteiger partial charge in [-0.25, -0.2) is 0 Å². The molecular formula is C39H25O2S4+. The van der Waals surface area contributed by atoms with Gasteiger partial charge in [-0.15, -0.1) is 22.7 Å². The van der Waals surface area contributed by atoms with E-state index in [1.807, 2.05) is 54.6 Å². The maximum atomic E-state index is 13.6. The van der Waals surface area contributed by atoms with Crippen LogP contribution >= 0.6 is 34.4 Å². The molecule has 0 saturated heterocycles. The van der Waals surface area contributed by atoms with Gasteiger partial charge in [-0.05, 0) is 97.9 Å². The molecule has 0 aliphatic rings. The minimum Gasteiger partial charge on any atom is -0.289 e. The molecule has 1 unspecified atom stereocenters. The molecule has 0 aliphatic carbocycles. The molecule has 0 saturated carbocycles. The Morgan fingerprint density at radius 1 is 0.467 bits per heavy atom. The SMILES string of the molecule is Cc1ccc([S+](c2ccc(Sc3ccc4sc5ccccc5c(=O)c4c3)cc2)c2ccc3sc4ccccc4c(=O)c3c2)cc1. The third-order valence-electron chi connectivity index (χ3n) is 7.88. The third kappa shape index (κ3) is 5.28. The van der Waals surface area contributed by atoms with Gasteiger partial charge in [0, 0.05) is 56.2 Å². The van der Waals surface area contributed by atoms with Crippen LogP contribution in [0.2, 0.25) is 0 Å². The standard InChI is InChI=1S/C39H25O2S4/c1-24-10-15-27(16-11-24)45(29-19-21-37-33(23-29)39(41)31-7-3-5-9-35(31)44-37)28-17-12-25(13-18-28)42-26-14-20-36-32(22-26)38(40)30-6-2-4-8-34(30)43-36/h2-23H,1H3/q+1. The topological polar surface area (TPSA) is 34.1 Å². The van der Waals surface area contributed by atoms with Crippen LogP contribution in [-0.4, -0.2) is 0 Å². The van der Waals surface area contributed by atoms with Gasteiger partial charge in [0.05, 0.1) is 10.9 Å². The van der Waals surface area contributed by atoms with Gasteiger partial charge in [0.2, 0.25) is 0 Å². The second kappa shape index (κ2) is 11.6. The average molecular weight is 654 g/mol. The molecule has 0 amide bonds. The first-order valence-electron chi connectivity index (χ1n) is 14.5. The lowest BCUT2D eigenvalue weighted by Gasteiger charge is -2.10. The molecule has 6 heteroatoms. The monoisotopic (exact) mass is 653 g/mol. The molecule has 2 heterocycles. The molecule has 0 aliphatic heterocycles. The summed E-state index contributed by atoms with van der Waals surface area (Å²) in [4.78, 5) is 32.5. The van der Waals surface area contributed by atoms with Crippen molar-refractivity contribution in [2.24, 2.45) is 0 Å². The van der Waals surface area contributed by atoms with E-state index in [9.17, 15) is 9.59 Å². The Balaban J connectivity index is 1.17. The van der Waals surface area contributed by atoms with E-state index in [0.29, 0.717) is 0 Å². The summed E-state index contributed by atoms with van der Waals surface area (Å²) in [6.45, 7) is 2.10. The van der Waals surface area contributed by atoms with E-state index < -0.39 is 10.9 Å². The van der Waals surface area contributed by atoms with E-state index in [4.69, 9.17) is 0 Å². The van der Waals surface area contributed by atoms with Crippen LogP contribution in [-0.2, 0) is 10.9 Å². The van der Waals surface area contributed by atoms with Crippen molar-refractivity contribution in [2.45, 2.75) is 31.4 Å². The highest BCUT2D eigenvalue weighted by Crippen LogP contribution is 2.37. The van der Waals surface area contributed by atoms with Crippen molar-refractivity contribution in [3.8, 4) is 0 Å². The number of hydrogen-bond donors (Lipinski definition) is 0. The quantitative estimate of drug-likeness (QED) is 0.137. The summed E-state index contributed by atoms with van der Waals surface area (Å²) in [6, 6.07) is 45.7. The van der Waals surface area contributed by atoms with Crippen LogP contribution in [0.5, 0.6) is 0 Å². The highest BCUT2D eigenvalue weighted by atomic mass is 32.2. The van der Waals surface area contributed by atoms with Crippen molar-refractivity contribution in [3.05, 3.63) is 159 Å². The van der Waals surface area contributed by atoms with Gasteiger partial charge < -0.3 is 0 Å². The Hall–Kier alpha value is -4.20. The molecular weight excluding hydrogens is 629 g/mol. The predicted molar refractivity (Wildman–Crippen MR) is 195 cm³/mol. The number of aryl methyl sites for hydroxylation is 1. The molecule has 45 heavy (non-hydrogen) atoms. The molecule has 2 aromatic heterocycles. The van der Waals surface area contributed by atoms with E-state index in [-0.39, 0.29) is 10.9 Å². The van der Waals surface area contributed by atoms with Gasteiger partial charge >= 0.3 is 0 Å². The van der Waals surface area contributed by atoms with Crippen LogP contribution in [0.1, 0.15) is 5.56 Å². The van der Waals surface area contributed by atoms with Crippen molar-refractivity contribution < 1.29 is 0 Å². The highest BCUT2D eigenvalue weighted by molar-refractivity contribution is 7.99. The molecule has 8 rings (SSSR count). The minimum absolute atomic E-state index is 0.0877. The van der Waals surface area contributed by atoms with Crippen molar-refractivity contribution in [2.75, 3.05) is 0 Å². The van der Waals surface area contributed by atoms with Gasteiger partial charge in [0.1, 0.15) is 0 Å². The summed E-state index contributed by atoms with van der Waals surface area (Å²) in [5.74, 6) is 0. The average Bonchev–Trinajstić information content (AvgIpc) is 3.07. The molecule has 216 valence electrons. The van der Waals surface area contributed by atoms with Crippen molar-refractivity contribution in [3.63, 3.8) is 0 Å². The Morgan fingerprint density at radius 2 is 0.933 bits per heavy atom. The van der Waals surface area contributed by atoms with Crippen LogP contribution in [0.3, 0.4) is 0 Å². The fraction of sp³-hybridized carbons (Fsp3) is 0.0256. The van der Waals surface area contributed by atoms with Gasteiger partial charge in [-0.3, -0.25) is 9.59 Å². The lowest BCUT2D eigenvalue weighted by molar-refractivity contribution is 1.28. The molecule has 6 aromatic carbocycles. The van der Waals surface area contributed by atoms with Crippen molar-refractivity contribution in [1.29, 1.82) is 0 Å². The van der Waals surface area contributed by atoms with Crippen molar-refractivity contribution in [1.82, 2.24) is 0 Å². The molecule has 0 fully saturated rings. The first kappa shape index (κ1) is 28.3. The normalized spacial score (nSPS) is 12.3. The number of fused-ring (bicyclic) bond motifs is 4. The molecule has 0 N–H and O–H groups in total. The number of hydrogen-bond acceptors (Lipinski definition) is 5. The Morgan fingerprint density at radius 3 is 1.56 bits per heavy atom. The summed E-state index contributed by atoms with van der Waals surface area (Å²) in [7, 11) is -0.394. The Kier molecular flexibility index (Phi) is 7.31. The minimum atomic E-state index is -0.394. The highest BCUT2D eigenvalue weighted by Gasteiger charge is 2.29. The number of benzene rings is 6. The molecule has 8 aromatic rings. The molecule has 0 bridgehead atoms. The van der Waals surface area contributed by atoms with Crippen molar-refractivity contribution >= 4 is 85.7 Å². The van der Waals surface area contributed by atoms with Crippen LogP contribution in [0, 0.1) is 6.92 Å². The maximum Gasteiger partial charge on any atom is 0.196 e. The fourth-order valence-electron chi connectivity index (χ4n) is 5.62. The molecule has 2 nitrogen and oxygen atoms in total. The summed E-state index contributed by atoms with van der Waals surface area (Å²) < 4.78 is 4.04. The van der Waals surface area contributed by atoms with Crippen LogP contribution in [0.4, 0.5) is 0 Å². The summed E-state index contributed by atoms with van der Waals surface area (Å²) in [5.41, 5.74) is 1.39. The zero-order chi connectivity index (χ0) is 30.5. The van der Waals surface area contributed by atoms with Crippen LogP contribution < -0.4 is 10.9 Å². The van der Waals surface area contributed by atoms with E-state index in [1.165, 1.54) is 15.4 Å². The first-order chi connectivity index (χ1) is 22.0. The summed E-state index contributed by atoms with van der Waals surface area (Å²) in [5, 5.41) is 3.09. The van der Waals surface area contributed by atoms with Gasteiger partial charge in [0.25, 0.3) is 0 Å². The molecule has 0 spiro atoms. The summed E-state index contributed by atoms with van der Waals surface area (Å²) >= 11 is 4.99. The van der Waals surface area contributed by atoms with E-state index in [1.54, 1.807) is 34.4 Å². The molecule has 0 radical (unpaired) electrons. The maximum absolute atomic E-state index is 13.6. The fourth-order valence-corrected chi connectivity index (χ4v) is 10.7. The van der Waals surface area contributed by atoms with Gasteiger partial charge in [-0.1, -0.05) is 53.7 Å². The lowest BCUT2D eigenvalue weighted by atomic mass is 10.2. The van der Waals surface area contributed by atoms with E-state index >= 15 is 0 Å². The zero-order valence-corrected chi connectivity index (χ0v) is 27.4. The van der Waals surface area contributed by atoms with Gasteiger partial charge in [0.15, 0.2) is 25.5 Å². The Labute approximate surface area is 275 Å². The predicted octanol–water partition coefficient (Wildman–Crippen LogP) is 10.7. The van der Waals surface area contributed by atoms with Gasteiger partial charge in [-0.2, -0.15) is 0 Å². The van der Waals surface area contributed by atoms with E-state index in [0.717, 1.165) is 55.0 Å². The van der Waals surface area contributed by atoms with Crippen LogP contribution in [0.15, 0.2) is 168 Å². The van der Waals surface area contributed by atoms with E-state index in [2.05, 4.69) is 85.8 Å². The molecule has 1 atom stereocenters. The smallest absolute Gasteiger partial charge is 0.196 e. The third-order valence-corrected chi connectivity index (χ3v) is 13.4. The summed E-state index contributed by atoms with van der Waals surface area (Å²) in [6.07, 6.45) is 0. The second-order valence-corrected chi connectivity index (χ2v) is 16.2. The zero-order valence-electron chi connectivity index (χ0n) is 24.2. The lowest BCUT2D eigenvalue weighted by Crippen LogP contribution is -2.07. The second-order valence-electron chi connectivity index (χ2n) is 10.9. The largest absolute Gasteiger partial charge is 0.289 e. The Bertz CT molecular complexity index is 2510.